The fourth-order valence-corrected chi connectivity index (χ4v) is 0.957. The Hall–Kier alpha value is -2.42. The number of carbonyl (C=O) groups is 2. The average molecular weight is 237 g/mol. The summed E-state index contributed by atoms with van der Waals surface area (Å²) in [5.74, 6) is 1.16. The van der Waals surface area contributed by atoms with E-state index in [1.54, 1.807) is 6.92 Å². The van der Waals surface area contributed by atoms with Crippen LogP contribution in [0.15, 0.2) is 12.3 Å². The van der Waals surface area contributed by atoms with E-state index in [4.69, 9.17) is 5.11 Å². The molecule has 1 N–H and O–H groups in total. The molecule has 0 aliphatic carbocycles. The van der Waals surface area contributed by atoms with E-state index in [-0.39, 0.29) is 12.2 Å². The van der Waals surface area contributed by atoms with Crippen molar-refractivity contribution in [2.45, 2.75) is 6.92 Å². The highest BCUT2D eigenvalue weighted by Gasteiger charge is 2.11. The van der Waals surface area contributed by atoms with Gasteiger partial charge in [-0.1, -0.05) is 5.92 Å². The van der Waals surface area contributed by atoms with Crippen molar-refractivity contribution >= 4 is 11.9 Å². The second-order valence-electron chi connectivity index (χ2n) is 2.84. The maximum absolute atomic E-state index is 12.9. The molecule has 1 aromatic rings. The van der Waals surface area contributed by atoms with Gasteiger partial charge in [0.25, 0.3) is 0 Å². The SMILES string of the molecule is CCOC(=O)C#Cc1cnc(F)c(C(=O)O)c1. The van der Waals surface area contributed by atoms with Crippen molar-refractivity contribution in [1.82, 2.24) is 4.98 Å². The number of aromatic nitrogens is 1. The standard InChI is InChI=1S/C11H8FNO4/c1-2-17-9(14)4-3-7-5-8(11(15)16)10(12)13-6-7/h5-6H,2H2,1H3,(H,15,16). The molecule has 0 unspecified atom stereocenters. The zero-order chi connectivity index (χ0) is 12.8. The maximum atomic E-state index is 12.9. The zero-order valence-electron chi connectivity index (χ0n) is 8.86. The number of carboxylic acids is 1. The predicted octanol–water partition coefficient (Wildman–Crippen LogP) is 0.834. The first-order valence-electron chi connectivity index (χ1n) is 4.62. The average Bonchev–Trinajstić information content (AvgIpc) is 2.28. The van der Waals surface area contributed by atoms with Crippen LogP contribution in [0.1, 0.15) is 22.8 Å². The summed E-state index contributed by atoms with van der Waals surface area (Å²) in [6.07, 6.45) is 1.04. The summed E-state index contributed by atoms with van der Waals surface area (Å²) < 4.78 is 17.4. The normalized spacial score (nSPS) is 9.06. The molecule has 1 heterocycles. The number of halogens is 1. The number of hydrogen-bond donors (Lipinski definition) is 1. The summed E-state index contributed by atoms with van der Waals surface area (Å²) >= 11 is 0. The van der Waals surface area contributed by atoms with Crippen molar-refractivity contribution in [3.63, 3.8) is 0 Å². The minimum absolute atomic E-state index is 0.122. The molecular weight excluding hydrogens is 229 g/mol. The first-order chi connectivity index (χ1) is 8.04. The summed E-state index contributed by atoms with van der Waals surface area (Å²) in [4.78, 5) is 24.7. The molecule has 0 aromatic carbocycles. The number of nitrogens with zero attached hydrogens (tertiary/aromatic N) is 1. The number of hydrogen-bond acceptors (Lipinski definition) is 4. The fourth-order valence-electron chi connectivity index (χ4n) is 0.957. The number of aromatic carboxylic acids is 1. The molecular formula is C11H8FNO4. The molecule has 0 fully saturated rings. The molecule has 0 atom stereocenters. The van der Waals surface area contributed by atoms with Crippen molar-refractivity contribution < 1.29 is 23.8 Å². The van der Waals surface area contributed by atoms with Gasteiger partial charge in [0.2, 0.25) is 5.95 Å². The van der Waals surface area contributed by atoms with E-state index >= 15 is 0 Å². The van der Waals surface area contributed by atoms with Crippen molar-refractivity contribution in [2.24, 2.45) is 0 Å². The highest BCUT2D eigenvalue weighted by atomic mass is 19.1. The Kier molecular flexibility index (Phi) is 4.17. The predicted molar refractivity (Wildman–Crippen MR) is 54.7 cm³/mol. The van der Waals surface area contributed by atoms with Crippen LogP contribution in [0.25, 0.3) is 0 Å². The Morgan fingerprint density at radius 1 is 1.59 bits per heavy atom. The Bertz CT molecular complexity index is 516. The third kappa shape index (κ3) is 3.57. The van der Waals surface area contributed by atoms with E-state index in [0.29, 0.717) is 0 Å². The van der Waals surface area contributed by atoms with Crippen molar-refractivity contribution in [2.75, 3.05) is 6.61 Å². The molecule has 0 aliphatic rings. The minimum Gasteiger partial charge on any atom is -0.478 e. The Morgan fingerprint density at radius 2 is 2.29 bits per heavy atom. The molecule has 1 aromatic heterocycles. The zero-order valence-corrected chi connectivity index (χ0v) is 8.86. The van der Waals surface area contributed by atoms with Crippen LogP contribution in [0.3, 0.4) is 0 Å². The summed E-state index contributed by atoms with van der Waals surface area (Å²) in [5, 5.41) is 8.63. The largest absolute Gasteiger partial charge is 0.478 e. The Labute approximate surface area is 96.2 Å². The number of rotatable bonds is 2. The van der Waals surface area contributed by atoms with Gasteiger partial charge in [-0.25, -0.2) is 14.6 Å². The quantitative estimate of drug-likeness (QED) is 0.468. The lowest BCUT2D eigenvalue weighted by Gasteiger charge is -1.96. The number of ether oxygens (including phenoxy) is 1. The van der Waals surface area contributed by atoms with Gasteiger partial charge >= 0.3 is 11.9 Å². The Balaban J connectivity index is 2.97. The second kappa shape index (κ2) is 5.61. The molecule has 0 aliphatic heterocycles. The van der Waals surface area contributed by atoms with Gasteiger partial charge in [0.1, 0.15) is 5.56 Å². The first kappa shape index (κ1) is 12.6. The van der Waals surface area contributed by atoms with Gasteiger partial charge in [0, 0.05) is 17.7 Å². The van der Waals surface area contributed by atoms with Crippen LogP contribution in [0.5, 0.6) is 0 Å². The van der Waals surface area contributed by atoms with Gasteiger partial charge in [-0.15, -0.1) is 0 Å². The third-order valence-corrected chi connectivity index (χ3v) is 1.65. The number of esters is 1. The molecule has 17 heavy (non-hydrogen) atoms. The van der Waals surface area contributed by atoms with Gasteiger partial charge in [-0.2, -0.15) is 4.39 Å². The second-order valence-corrected chi connectivity index (χ2v) is 2.84. The number of pyridine rings is 1. The van der Waals surface area contributed by atoms with Crippen LogP contribution < -0.4 is 0 Å². The molecule has 6 heteroatoms. The first-order valence-corrected chi connectivity index (χ1v) is 4.62. The molecule has 0 saturated carbocycles. The van der Waals surface area contributed by atoms with E-state index < -0.39 is 23.4 Å². The number of carboxylic acid groups (broad SMARTS) is 1. The van der Waals surface area contributed by atoms with Gasteiger partial charge in [-0.05, 0) is 13.0 Å². The van der Waals surface area contributed by atoms with Gasteiger partial charge in [-0.3, -0.25) is 0 Å². The van der Waals surface area contributed by atoms with Crippen LogP contribution >= 0.6 is 0 Å². The molecule has 0 bridgehead atoms. The van der Waals surface area contributed by atoms with Gasteiger partial charge in [0.15, 0.2) is 0 Å². The molecule has 1 rings (SSSR count). The summed E-state index contributed by atoms with van der Waals surface area (Å²) in [6, 6.07) is 0.997. The van der Waals surface area contributed by atoms with E-state index in [1.807, 2.05) is 0 Å². The fraction of sp³-hybridized carbons (Fsp3) is 0.182. The lowest BCUT2D eigenvalue weighted by Crippen LogP contribution is -2.03. The highest BCUT2D eigenvalue weighted by molar-refractivity contribution is 5.90. The van der Waals surface area contributed by atoms with E-state index in [9.17, 15) is 14.0 Å². The lowest BCUT2D eigenvalue weighted by atomic mass is 10.2. The molecule has 0 spiro atoms. The lowest BCUT2D eigenvalue weighted by molar-refractivity contribution is -0.136. The van der Waals surface area contributed by atoms with E-state index in [1.165, 1.54) is 0 Å². The molecule has 88 valence electrons. The van der Waals surface area contributed by atoms with Crippen LogP contribution in [-0.4, -0.2) is 28.6 Å². The molecule has 0 saturated heterocycles. The smallest absolute Gasteiger partial charge is 0.384 e. The minimum atomic E-state index is -1.45. The topological polar surface area (TPSA) is 76.5 Å². The molecule has 5 nitrogen and oxygen atoms in total. The monoisotopic (exact) mass is 237 g/mol. The number of carbonyl (C=O) groups excluding carboxylic acids is 1. The summed E-state index contributed by atoms with van der Waals surface area (Å²) in [7, 11) is 0. The van der Waals surface area contributed by atoms with Crippen LogP contribution in [0.2, 0.25) is 0 Å². The van der Waals surface area contributed by atoms with Crippen molar-refractivity contribution in [3.05, 3.63) is 29.3 Å². The summed E-state index contributed by atoms with van der Waals surface area (Å²) in [5.41, 5.74) is -0.475. The van der Waals surface area contributed by atoms with Crippen LogP contribution in [-0.2, 0) is 9.53 Å². The van der Waals surface area contributed by atoms with Crippen molar-refractivity contribution in [3.8, 4) is 11.8 Å². The van der Waals surface area contributed by atoms with Crippen LogP contribution in [0, 0.1) is 17.8 Å². The highest BCUT2D eigenvalue weighted by Crippen LogP contribution is 2.06. The third-order valence-electron chi connectivity index (χ3n) is 1.65. The molecule has 0 radical (unpaired) electrons. The van der Waals surface area contributed by atoms with E-state index in [0.717, 1.165) is 12.3 Å². The van der Waals surface area contributed by atoms with Crippen LogP contribution in [0.4, 0.5) is 4.39 Å². The van der Waals surface area contributed by atoms with Gasteiger partial charge in [0.05, 0.1) is 6.61 Å². The maximum Gasteiger partial charge on any atom is 0.384 e. The van der Waals surface area contributed by atoms with E-state index in [2.05, 4.69) is 21.6 Å². The summed E-state index contributed by atoms with van der Waals surface area (Å²) in [6.45, 7) is 1.82. The van der Waals surface area contributed by atoms with Crippen molar-refractivity contribution in [1.29, 1.82) is 0 Å². The Morgan fingerprint density at radius 3 is 2.88 bits per heavy atom. The van der Waals surface area contributed by atoms with Gasteiger partial charge < -0.3 is 9.84 Å². The molecule has 0 amide bonds.